The molecule has 0 saturated heterocycles. The van der Waals surface area contributed by atoms with Crippen molar-refractivity contribution in [3.63, 3.8) is 0 Å². The molecule has 0 bridgehead atoms. The largest absolute Gasteiger partial charge is 0.454 e. The van der Waals surface area contributed by atoms with Crippen LogP contribution in [-0.4, -0.2) is 26.6 Å². The van der Waals surface area contributed by atoms with Crippen LogP contribution in [0.1, 0.15) is 10.4 Å². The fourth-order valence-corrected chi connectivity index (χ4v) is 2.02. The van der Waals surface area contributed by atoms with Crippen molar-refractivity contribution in [2.75, 3.05) is 6.26 Å². The molecule has 0 aliphatic rings. The summed E-state index contributed by atoms with van der Waals surface area (Å²) in [4.78, 5) is 10.3. The van der Waals surface area contributed by atoms with Gasteiger partial charge in [-0.3, -0.25) is 4.79 Å². The Labute approximate surface area is 89.8 Å². The fraction of sp³-hybridized carbons (Fsp3) is 0.222. The smallest absolute Gasteiger partial charge is 0.284 e. The number of benzene rings is 1. The van der Waals surface area contributed by atoms with E-state index in [-0.39, 0.29) is 0 Å². The predicted octanol–water partition coefficient (Wildman–Crippen LogP) is 1.84. The Morgan fingerprint density at radius 2 is 1.69 bits per heavy atom. The molecule has 7 heteroatoms. The highest BCUT2D eigenvalue weighted by Gasteiger charge is 2.41. The minimum absolute atomic E-state index is 0.614. The van der Waals surface area contributed by atoms with Crippen LogP contribution in [0.5, 0.6) is 0 Å². The van der Waals surface area contributed by atoms with E-state index in [0.717, 1.165) is 18.4 Å². The fourth-order valence-electron chi connectivity index (χ4n) is 1.13. The lowest BCUT2D eigenvalue weighted by atomic mass is 10.1. The lowest BCUT2D eigenvalue weighted by Crippen LogP contribution is -2.24. The molecule has 0 N–H and O–H groups in total. The van der Waals surface area contributed by atoms with Gasteiger partial charge in [-0.05, 0) is 12.1 Å². The van der Waals surface area contributed by atoms with Crippen LogP contribution in [0.3, 0.4) is 0 Å². The monoisotopic (exact) mass is 252 g/mol. The molecule has 16 heavy (non-hydrogen) atoms. The first-order valence-corrected chi connectivity index (χ1v) is 5.94. The third-order valence-electron chi connectivity index (χ3n) is 1.79. The lowest BCUT2D eigenvalue weighted by molar-refractivity contribution is -0.0887. The molecule has 0 fully saturated rings. The van der Waals surface area contributed by atoms with Gasteiger partial charge < -0.3 is 0 Å². The van der Waals surface area contributed by atoms with Gasteiger partial charge in [0.2, 0.25) is 0 Å². The molecule has 0 atom stereocenters. The molecule has 88 valence electrons. The second-order valence-electron chi connectivity index (χ2n) is 3.10. The Morgan fingerprint density at radius 3 is 2.12 bits per heavy atom. The van der Waals surface area contributed by atoms with Gasteiger partial charge in [0.05, 0.1) is 4.90 Å². The number of alkyl halides is 3. The van der Waals surface area contributed by atoms with E-state index in [1.54, 1.807) is 0 Å². The van der Waals surface area contributed by atoms with Crippen molar-refractivity contribution < 1.29 is 26.4 Å². The molecule has 0 amide bonds. The summed E-state index contributed by atoms with van der Waals surface area (Å²) in [7, 11) is -3.86. The lowest BCUT2D eigenvalue weighted by Gasteiger charge is -2.08. The first kappa shape index (κ1) is 12.7. The molecule has 0 aliphatic heterocycles. The summed E-state index contributed by atoms with van der Waals surface area (Å²) in [6.07, 6.45) is -4.34. The van der Waals surface area contributed by atoms with Crippen molar-refractivity contribution >= 4 is 15.6 Å². The molecule has 1 aromatic rings. The van der Waals surface area contributed by atoms with Crippen molar-refractivity contribution in [3.8, 4) is 0 Å². The Balaban J connectivity index is 3.42. The van der Waals surface area contributed by atoms with Gasteiger partial charge >= 0.3 is 6.18 Å². The summed E-state index contributed by atoms with van der Waals surface area (Å²) in [5.41, 5.74) is -0.850. The maximum Gasteiger partial charge on any atom is 0.454 e. The van der Waals surface area contributed by atoms with Crippen molar-refractivity contribution in [2.24, 2.45) is 0 Å². The van der Waals surface area contributed by atoms with E-state index in [1.165, 1.54) is 12.1 Å². The number of ketones is 1. The molecule has 1 aromatic carbocycles. The SMILES string of the molecule is CS(=O)(=O)c1ccccc1C(=O)C(F)(F)F. The molecule has 0 aromatic heterocycles. The Morgan fingerprint density at radius 1 is 1.19 bits per heavy atom. The zero-order valence-electron chi connectivity index (χ0n) is 8.08. The Hall–Kier alpha value is -1.37. The molecule has 0 radical (unpaired) electrons. The highest BCUT2D eigenvalue weighted by atomic mass is 32.2. The third kappa shape index (κ3) is 2.60. The number of rotatable bonds is 2. The average molecular weight is 252 g/mol. The van der Waals surface area contributed by atoms with Crippen molar-refractivity contribution in [1.29, 1.82) is 0 Å². The second kappa shape index (κ2) is 3.89. The highest BCUT2D eigenvalue weighted by Crippen LogP contribution is 2.25. The Kier molecular flexibility index (Phi) is 3.09. The van der Waals surface area contributed by atoms with Crippen LogP contribution in [-0.2, 0) is 9.84 Å². The molecule has 0 spiro atoms. The van der Waals surface area contributed by atoms with Gasteiger partial charge in [0.15, 0.2) is 9.84 Å². The van der Waals surface area contributed by atoms with E-state index in [1.807, 2.05) is 0 Å². The summed E-state index contributed by atoms with van der Waals surface area (Å²) in [6, 6.07) is 4.23. The van der Waals surface area contributed by atoms with Crippen LogP contribution in [0.25, 0.3) is 0 Å². The van der Waals surface area contributed by atoms with E-state index in [9.17, 15) is 26.4 Å². The van der Waals surface area contributed by atoms with Crippen molar-refractivity contribution in [2.45, 2.75) is 11.1 Å². The molecule has 3 nitrogen and oxygen atoms in total. The molecule has 0 heterocycles. The molecule has 0 saturated carbocycles. The van der Waals surface area contributed by atoms with Gasteiger partial charge in [-0.25, -0.2) is 8.42 Å². The zero-order chi connectivity index (χ0) is 12.6. The molecular formula is C9H7F3O3S. The van der Waals surface area contributed by atoms with Gasteiger partial charge in [-0.1, -0.05) is 12.1 Å². The third-order valence-corrected chi connectivity index (χ3v) is 2.94. The number of halogens is 3. The zero-order valence-corrected chi connectivity index (χ0v) is 8.89. The van der Waals surface area contributed by atoms with Gasteiger partial charge in [0, 0.05) is 11.8 Å². The minimum Gasteiger partial charge on any atom is -0.284 e. The van der Waals surface area contributed by atoms with Crippen LogP contribution in [0, 0.1) is 0 Å². The molecule has 0 unspecified atom stereocenters. The summed E-state index contributed by atoms with van der Waals surface area (Å²) in [5.74, 6) is -2.16. The van der Waals surface area contributed by atoms with Crippen LogP contribution < -0.4 is 0 Å². The standard InChI is InChI=1S/C9H7F3O3S/c1-16(14,15)7-5-3-2-4-6(7)8(13)9(10,11)12/h2-5H,1H3. The highest BCUT2D eigenvalue weighted by molar-refractivity contribution is 7.90. The second-order valence-corrected chi connectivity index (χ2v) is 5.08. The van der Waals surface area contributed by atoms with Crippen LogP contribution >= 0.6 is 0 Å². The van der Waals surface area contributed by atoms with Crippen LogP contribution in [0.4, 0.5) is 13.2 Å². The van der Waals surface area contributed by atoms with Gasteiger partial charge in [-0.2, -0.15) is 13.2 Å². The summed E-state index contributed by atoms with van der Waals surface area (Å²) >= 11 is 0. The summed E-state index contributed by atoms with van der Waals surface area (Å²) < 4.78 is 58.8. The quantitative estimate of drug-likeness (QED) is 0.754. The van der Waals surface area contributed by atoms with Crippen molar-refractivity contribution in [1.82, 2.24) is 0 Å². The van der Waals surface area contributed by atoms with Crippen molar-refractivity contribution in [3.05, 3.63) is 29.8 Å². The topological polar surface area (TPSA) is 51.2 Å². The number of sulfone groups is 1. The summed E-state index contributed by atoms with van der Waals surface area (Å²) in [5, 5.41) is 0. The maximum absolute atomic E-state index is 12.2. The van der Waals surface area contributed by atoms with E-state index in [0.29, 0.717) is 0 Å². The van der Waals surface area contributed by atoms with E-state index in [4.69, 9.17) is 0 Å². The number of carbonyl (C=O) groups is 1. The summed E-state index contributed by atoms with van der Waals surface area (Å²) in [6.45, 7) is 0. The van der Waals surface area contributed by atoms with Gasteiger partial charge in [0.25, 0.3) is 5.78 Å². The van der Waals surface area contributed by atoms with E-state index >= 15 is 0 Å². The first-order chi connectivity index (χ1) is 7.14. The van der Waals surface area contributed by atoms with E-state index < -0.39 is 32.3 Å². The minimum atomic E-state index is -5.08. The van der Waals surface area contributed by atoms with Gasteiger partial charge in [0.1, 0.15) is 0 Å². The average Bonchev–Trinajstić information content (AvgIpc) is 2.14. The Bertz CT molecular complexity index is 517. The normalized spacial score (nSPS) is 12.5. The van der Waals surface area contributed by atoms with Crippen LogP contribution in [0.15, 0.2) is 29.2 Å². The maximum atomic E-state index is 12.2. The molecule has 0 aliphatic carbocycles. The van der Waals surface area contributed by atoms with Gasteiger partial charge in [-0.15, -0.1) is 0 Å². The molecular weight excluding hydrogens is 245 g/mol. The van der Waals surface area contributed by atoms with Crippen LogP contribution in [0.2, 0.25) is 0 Å². The number of Topliss-reactive ketones (excluding diaryl/α,β-unsaturated/α-hetero) is 1. The number of carbonyl (C=O) groups excluding carboxylic acids is 1. The number of hydrogen-bond donors (Lipinski definition) is 0. The van der Waals surface area contributed by atoms with E-state index in [2.05, 4.69) is 0 Å². The molecule has 1 rings (SSSR count). The number of hydrogen-bond acceptors (Lipinski definition) is 3. The first-order valence-electron chi connectivity index (χ1n) is 4.04. The predicted molar refractivity (Wildman–Crippen MR) is 49.9 cm³/mol.